The second-order valence-electron chi connectivity index (χ2n) is 4.58. The van der Waals surface area contributed by atoms with Crippen LogP contribution in [0.15, 0.2) is 24.3 Å². The van der Waals surface area contributed by atoms with Crippen LogP contribution in [0.2, 0.25) is 0 Å². The lowest BCUT2D eigenvalue weighted by Gasteiger charge is -2.22. The normalized spacial score (nSPS) is 16.9. The maximum absolute atomic E-state index is 10.8. The molecular weight excluding hydrogens is 216 g/mol. The molecule has 1 saturated carbocycles. The zero-order valence-corrected chi connectivity index (χ0v) is 9.89. The third kappa shape index (κ3) is 3.56. The van der Waals surface area contributed by atoms with Crippen LogP contribution in [0.3, 0.4) is 0 Å². The Bertz CT molecular complexity index is 381. The van der Waals surface area contributed by atoms with E-state index in [1.165, 1.54) is 19.3 Å². The van der Waals surface area contributed by atoms with Gasteiger partial charge in [0.2, 0.25) is 0 Å². The summed E-state index contributed by atoms with van der Waals surface area (Å²) in [5.74, 6) is -0.885. The molecule has 3 nitrogen and oxygen atoms in total. The predicted molar refractivity (Wildman–Crippen MR) is 65.1 cm³/mol. The molecule has 0 aromatic heterocycles. The standard InChI is InChI=1S/C14H18O3/c15-14(16)12-6-4-5-11(9-12)10-17-13-7-2-1-3-8-13/h4-6,9,13H,1-3,7-8,10H2,(H,15,16). The Morgan fingerprint density at radius 1 is 1.29 bits per heavy atom. The van der Waals surface area contributed by atoms with Crippen molar-refractivity contribution in [2.75, 3.05) is 0 Å². The summed E-state index contributed by atoms with van der Waals surface area (Å²) in [5.41, 5.74) is 1.27. The van der Waals surface area contributed by atoms with Crippen molar-refractivity contribution in [2.24, 2.45) is 0 Å². The number of hydrogen-bond donors (Lipinski definition) is 1. The molecule has 1 N–H and O–H groups in total. The molecule has 1 aliphatic carbocycles. The van der Waals surface area contributed by atoms with Crippen molar-refractivity contribution in [2.45, 2.75) is 44.8 Å². The van der Waals surface area contributed by atoms with Gasteiger partial charge in [-0.2, -0.15) is 0 Å². The second kappa shape index (κ2) is 5.82. The van der Waals surface area contributed by atoms with E-state index in [9.17, 15) is 4.79 Å². The van der Waals surface area contributed by atoms with E-state index in [4.69, 9.17) is 9.84 Å². The molecule has 1 aliphatic rings. The lowest BCUT2D eigenvalue weighted by molar-refractivity contribution is 0.0168. The van der Waals surface area contributed by atoms with Gasteiger partial charge < -0.3 is 9.84 Å². The average molecular weight is 234 g/mol. The minimum absolute atomic E-state index is 0.328. The van der Waals surface area contributed by atoms with Gasteiger partial charge in [-0.05, 0) is 30.5 Å². The van der Waals surface area contributed by atoms with Crippen molar-refractivity contribution in [3.63, 3.8) is 0 Å². The summed E-state index contributed by atoms with van der Waals surface area (Å²) in [6, 6.07) is 6.97. The highest BCUT2D eigenvalue weighted by atomic mass is 16.5. The van der Waals surface area contributed by atoms with Gasteiger partial charge in [0.15, 0.2) is 0 Å². The third-order valence-electron chi connectivity index (χ3n) is 3.21. The molecular formula is C14H18O3. The van der Waals surface area contributed by atoms with Crippen molar-refractivity contribution < 1.29 is 14.6 Å². The number of carboxylic acids is 1. The molecule has 1 aromatic carbocycles. The van der Waals surface area contributed by atoms with Crippen molar-refractivity contribution in [1.29, 1.82) is 0 Å². The fourth-order valence-electron chi connectivity index (χ4n) is 2.24. The Labute approximate surface area is 101 Å². The Balaban J connectivity index is 1.89. The zero-order chi connectivity index (χ0) is 12.1. The fraction of sp³-hybridized carbons (Fsp3) is 0.500. The largest absolute Gasteiger partial charge is 0.478 e. The molecule has 0 saturated heterocycles. The maximum atomic E-state index is 10.8. The van der Waals surface area contributed by atoms with Crippen LogP contribution in [-0.2, 0) is 11.3 Å². The molecule has 1 aromatic rings. The molecule has 0 bridgehead atoms. The summed E-state index contributed by atoms with van der Waals surface area (Å²) < 4.78 is 5.81. The van der Waals surface area contributed by atoms with Gasteiger partial charge in [0.25, 0.3) is 0 Å². The first kappa shape index (κ1) is 12.1. The van der Waals surface area contributed by atoms with E-state index in [2.05, 4.69) is 0 Å². The SMILES string of the molecule is O=C(O)c1cccc(COC2CCCCC2)c1. The molecule has 0 heterocycles. The molecule has 1 fully saturated rings. The van der Waals surface area contributed by atoms with Gasteiger partial charge in [-0.15, -0.1) is 0 Å². The smallest absolute Gasteiger partial charge is 0.335 e. The highest BCUT2D eigenvalue weighted by molar-refractivity contribution is 5.87. The topological polar surface area (TPSA) is 46.5 Å². The second-order valence-corrected chi connectivity index (χ2v) is 4.58. The summed E-state index contributed by atoms with van der Waals surface area (Å²) in [7, 11) is 0. The summed E-state index contributed by atoms with van der Waals surface area (Å²) in [6.07, 6.45) is 6.45. The van der Waals surface area contributed by atoms with Crippen LogP contribution in [0.1, 0.15) is 48.0 Å². The highest BCUT2D eigenvalue weighted by Gasteiger charge is 2.13. The van der Waals surface area contributed by atoms with Crippen LogP contribution in [0.5, 0.6) is 0 Å². The van der Waals surface area contributed by atoms with E-state index in [1.54, 1.807) is 18.2 Å². The number of carbonyl (C=O) groups is 1. The van der Waals surface area contributed by atoms with E-state index >= 15 is 0 Å². The van der Waals surface area contributed by atoms with E-state index in [0.717, 1.165) is 18.4 Å². The summed E-state index contributed by atoms with van der Waals surface area (Å²) in [4.78, 5) is 10.8. The summed E-state index contributed by atoms with van der Waals surface area (Å²) in [5, 5.41) is 8.89. The van der Waals surface area contributed by atoms with Gasteiger partial charge in [0.05, 0.1) is 18.3 Å². The quantitative estimate of drug-likeness (QED) is 0.870. The van der Waals surface area contributed by atoms with Crippen molar-refractivity contribution in [3.8, 4) is 0 Å². The maximum Gasteiger partial charge on any atom is 0.335 e. The lowest BCUT2D eigenvalue weighted by Crippen LogP contribution is -2.16. The van der Waals surface area contributed by atoms with Crippen LogP contribution in [0.25, 0.3) is 0 Å². The third-order valence-corrected chi connectivity index (χ3v) is 3.21. The number of ether oxygens (including phenoxy) is 1. The highest BCUT2D eigenvalue weighted by Crippen LogP contribution is 2.21. The average Bonchev–Trinajstić information content (AvgIpc) is 2.38. The molecule has 3 heteroatoms. The fourth-order valence-corrected chi connectivity index (χ4v) is 2.24. The molecule has 0 aliphatic heterocycles. The van der Waals surface area contributed by atoms with E-state index in [-0.39, 0.29) is 0 Å². The van der Waals surface area contributed by atoms with Crippen molar-refractivity contribution in [1.82, 2.24) is 0 Å². The molecule has 0 amide bonds. The Morgan fingerprint density at radius 2 is 2.06 bits per heavy atom. The molecule has 0 spiro atoms. The van der Waals surface area contributed by atoms with Gasteiger partial charge in [-0.1, -0.05) is 31.4 Å². The van der Waals surface area contributed by atoms with Gasteiger partial charge in [0, 0.05) is 0 Å². The van der Waals surface area contributed by atoms with Crippen molar-refractivity contribution >= 4 is 5.97 Å². The summed E-state index contributed by atoms with van der Waals surface area (Å²) in [6.45, 7) is 0.520. The molecule has 0 radical (unpaired) electrons. The predicted octanol–water partition coefficient (Wildman–Crippen LogP) is 3.23. The van der Waals surface area contributed by atoms with Crippen LogP contribution in [-0.4, -0.2) is 17.2 Å². The monoisotopic (exact) mass is 234 g/mol. The minimum atomic E-state index is -0.885. The minimum Gasteiger partial charge on any atom is -0.478 e. The van der Waals surface area contributed by atoms with Crippen molar-refractivity contribution in [3.05, 3.63) is 35.4 Å². The van der Waals surface area contributed by atoms with Gasteiger partial charge in [-0.3, -0.25) is 0 Å². The van der Waals surface area contributed by atoms with Crippen LogP contribution in [0.4, 0.5) is 0 Å². The van der Waals surface area contributed by atoms with E-state index in [1.807, 2.05) is 6.07 Å². The zero-order valence-electron chi connectivity index (χ0n) is 9.89. The Morgan fingerprint density at radius 3 is 2.76 bits per heavy atom. The Hall–Kier alpha value is -1.35. The van der Waals surface area contributed by atoms with Crippen LogP contribution >= 0.6 is 0 Å². The number of aromatic carboxylic acids is 1. The van der Waals surface area contributed by atoms with E-state index < -0.39 is 5.97 Å². The molecule has 17 heavy (non-hydrogen) atoms. The number of hydrogen-bond acceptors (Lipinski definition) is 2. The lowest BCUT2D eigenvalue weighted by atomic mass is 9.98. The first-order chi connectivity index (χ1) is 8.25. The van der Waals surface area contributed by atoms with Crippen LogP contribution in [0, 0.1) is 0 Å². The van der Waals surface area contributed by atoms with Gasteiger partial charge in [-0.25, -0.2) is 4.79 Å². The number of rotatable bonds is 4. The first-order valence-electron chi connectivity index (χ1n) is 6.19. The number of benzene rings is 1. The number of carboxylic acid groups (broad SMARTS) is 1. The molecule has 2 rings (SSSR count). The molecule has 92 valence electrons. The van der Waals surface area contributed by atoms with Gasteiger partial charge in [0.1, 0.15) is 0 Å². The van der Waals surface area contributed by atoms with Crippen LogP contribution < -0.4 is 0 Å². The van der Waals surface area contributed by atoms with E-state index in [0.29, 0.717) is 18.3 Å². The Kier molecular flexibility index (Phi) is 4.15. The molecule has 0 atom stereocenters. The summed E-state index contributed by atoms with van der Waals surface area (Å²) >= 11 is 0. The van der Waals surface area contributed by atoms with Gasteiger partial charge >= 0.3 is 5.97 Å². The molecule has 0 unspecified atom stereocenters. The first-order valence-corrected chi connectivity index (χ1v) is 6.19.